The monoisotopic (exact) mass is 312 g/mol. The second-order valence-electron chi connectivity index (χ2n) is 5.82. The fraction of sp³-hybridized carbons (Fsp3) is 0.692. The summed E-state index contributed by atoms with van der Waals surface area (Å²) in [7, 11) is 0. The van der Waals surface area contributed by atoms with Crippen molar-refractivity contribution in [2.75, 3.05) is 0 Å². The summed E-state index contributed by atoms with van der Waals surface area (Å²) in [5.74, 6) is -0.687. The van der Waals surface area contributed by atoms with Gasteiger partial charge < -0.3 is 5.11 Å². The minimum atomic E-state index is -1.44. The van der Waals surface area contributed by atoms with Crippen molar-refractivity contribution < 1.29 is 13.9 Å². The molecule has 0 aromatic carbocycles. The Labute approximate surface area is 126 Å². The lowest BCUT2D eigenvalue weighted by Gasteiger charge is -2.40. The molecule has 0 bridgehead atoms. The van der Waals surface area contributed by atoms with Gasteiger partial charge in [-0.25, -0.2) is 28.1 Å². The predicted molar refractivity (Wildman–Crippen MR) is 72.1 cm³/mol. The highest BCUT2D eigenvalue weighted by Crippen LogP contribution is 2.38. The molecular weight excluding hydrogens is 294 g/mol. The van der Waals surface area contributed by atoms with Crippen molar-refractivity contribution in [3.8, 4) is 0 Å². The zero-order chi connectivity index (χ0) is 15.6. The van der Waals surface area contributed by atoms with E-state index in [0.717, 1.165) is 0 Å². The Morgan fingerprint density at radius 3 is 2.09 bits per heavy atom. The van der Waals surface area contributed by atoms with E-state index >= 15 is 0 Å². The van der Waals surface area contributed by atoms with E-state index in [0.29, 0.717) is 0 Å². The molecule has 1 aliphatic carbocycles. The van der Waals surface area contributed by atoms with Crippen molar-refractivity contribution in [2.24, 2.45) is 5.92 Å². The van der Waals surface area contributed by atoms with Crippen LogP contribution in [0.15, 0.2) is 25.3 Å². The first-order valence-corrected chi connectivity index (χ1v) is 7.22. The van der Waals surface area contributed by atoms with E-state index in [1.165, 1.54) is 34.7 Å². The molecule has 1 N–H and O–H groups in total. The topological polar surface area (TPSA) is 81.6 Å². The predicted octanol–water partition coefficient (Wildman–Crippen LogP) is 0.777. The third-order valence-corrected chi connectivity index (χ3v) is 4.20. The second-order valence-corrected chi connectivity index (χ2v) is 5.82. The van der Waals surface area contributed by atoms with E-state index in [4.69, 9.17) is 0 Å². The van der Waals surface area contributed by atoms with Crippen LogP contribution in [0.2, 0.25) is 0 Å². The minimum Gasteiger partial charge on any atom is -0.386 e. The molecule has 0 spiro atoms. The van der Waals surface area contributed by atoms with E-state index in [9.17, 15) is 13.9 Å². The summed E-state index contributed by atoms with van der Waals surface area (Å²) < 4.78 is 30.6. The lowest BCUT2D eigenvalue weighted by molar-refractivity contribution is -0.0988. The van der Waals surface area contributed by atoms with E-state index in [2.05, 4.69) is 20.2 Å². The third kappa shape index (κ3) is 3.13. The SMILES string of the molecule is OC(Cn1cncn1)(Cn1cncn1)C1CCC(F)CC1F. The molecular formula is C13H18F2N6O. The average Bonchev–Trinajstić information content (AvgIpc) is 3.12. The summed E-state index contributed by atoms with van der Waals surface area (Å²) in [6, 6.07) is 0. The van der Waals surface area contributed by atoms with E-state index in [1.807, 2.05) is 0 Å². The van der Waals surface area contributed by atoms with Crippen LogP contribution in [-0.4, -0.2) is 52.6 Å². The highest BCUT2D eigenvalue weighted by atomic mass is 19.1. The molecule has 0 amide bonds. The summed E-state index contributed by atoms with van der Waals surface area (Å²) in [6.07, 6.45) is 3.42. The Bertz CT molecular complexity index is 539. The first-order chi connectivity index (χ1) is 10.6. The number of hydrogen-bond donors (Lipinski definition) is 1. The smallest absolute Gasteiger partial charge is 0.137 e. The maximum atomic E-state index is 14.4. The van der Waals surface area contributed by atoms with Gasteiger partial charge in [-0.2, -0.15) is 10.2 Å². The number of nitrogens with zero attached hydrogens (tertiary/aromatic N) is 6. The molecule has 1 aliphatic rings. The summed E-state index contributed by atoms with van der Waals surface area (Å²) in [4.78, 5) is 7.66. The summed E-state index contributed by atoms with van der Waals surface area (Å²) in [5.41, 5.74) is -1.44. The summed E-state index contributed by atoms with van der Waals surface area (Å²) in [5, 5.41) is 19.0. The van der Waals surface area contributed by atoms with Gasteiger partial charge in [-0.3, -0.25) is 0 Å². The largest absolute Gasteiger partial charge is 0.386 e. The second kappa shape index (κ2) is 6.07. The Morgan fingerprint density at radius 2 is 1.64 bits per heavy atom. The molecule has 3 atom stereocenters. The molecule has 1 saturated carbocycles. The number of halogens is 2. The lowest BCUT2D eigenvalue weighted by atomic mass is 9.75. The molecule has 0 radical (unpaired) electrons. The molecule has 3 rings (SSSR count). The summed E-state index contributed by atoms with van der Waals surface area (Å²) in [6.45, 7) is 0.129. The number of aromatic nitrogens is 6. The van der Waals surface area contributed by atoms with E-state index in [1.54, 1.807) is 0 Å². The molecule has 9 heteroatoms. The van der Waals surface area contributed by atoms with Crippen molar-refractivity contribution >= 4 is 0 Å². The molecule has 22 heavy (non-hydrogen) atoms. The Kier molecular flexibility index (Phi) is 4.14. The van der Waals surface area contributed by atoms with Crippen LogP contribution in [0.3, 0.4) is 0 Å². The van der Waals surface area contributed by atoms with Crippen molar-refractivity contribution in [3.63, 3.8) is 0 Å². The first-order valence-electron chi connectivity index (χ1n) is 7.22. The number of aliphatic hydroxyl groups is 1. The average molecular weight is 312 g/mol. The van der Waals surface area contributed by atoms with Crippen molar-refractivity contribution in [2.45, 2.75) is 50.3 Å². The molecule has 2 aromatic heterocycles. The van der Waals surface area contributed by atoms with E-state index in [-0.39, 0.29) is 32.4 Å². The molecule has 120 valence electrons. The highest BCUT2D eigenvalue weighted by Gasteiger charge is 2.46. The first kappa shape index (κ1) is 15.0. The normalized spacial score (nSPS) is 26.2. The highest BCUT2D eigenvalue weighted by molar-refractivity contribution is 4.94. The van der Waals surface area contributed by atoms with Crippen LogP contribution in [0.25, 0.3) is 0 Å². The van der Waals surface area contributed by atoms with Crippen LogP contribution >= 0.6 is 0 Å². The minimum absolute atomic E-state index is 0.0644. The fourth-order valence-corrected chi connectivity index (χ4v) is 3.15. The van der Waals surface area contributed by atoms with Gasteiger partial charge in [-0.1, -0.05) is 0 Å². The van der Waals surface area contributed by atoms with Gasteiger partial charge in [0.1, 0.15) is 43.3 Å². The van der Waals surface area contributed by atoms with Gasteiger partial charge in [0.2, 0.25) is 0 Å². The van der Waals surface area contributed by atoms with Gasteiger partial charge in [-0.15, -0.1) is 0 Å². The Balaban J connectivity index is 1.84. The molecule has 7 nitrogen and oxygen atoms in total. The molecule has 0 aliphatic heterocycles. The van der Waals surface area contributed by atoms with E-state index < -0.39 is 23.9 Å². The van der Waals surface area contributed by atoms with Gasteiger partial charge in [0.05, 0.1) is 13.1 Å². The zero-order valence-electron chi connectivity index (χ0n) is 12.0. The van der Waals surface area contributed by atoms with Crippen LogP contribution < -0.4 is 0 Å². The Morgan fingerprint density at radius 1 is 1.05 bits per heavy atom. The molecule has 2 heterocycles. The standard InChI is InChI=1S/C13H18F2N6O/c14-10-1-2-11(12(15)3-10)13(22,4-20-8-16-6-18-20)5-21-9-17-7-19-21/h6-12,22H,1-5H2. The van der Waals surface area contributed by atoms with Crippen LogP contribution in [-0.2, 0) is 13.1 Å². The van der Waals surface area contributed by atoms with Gasteiger partial charge in [-0.05, 0) is 12.8 Å². The number of rotatable bonds is 5. The maximum Gasteiger partial charge on any atom is 0.137 e. The molecule has 3 unspecified atom stereocenters. The Hall–Kier alpha value is -1.90. The van der Waals surface area contributed by atoms with Crippen molar-refractivity contribution in [1.29, 1.82) is 0 Å². The quantitative estimate of drug-likeness (QED) is 0.882. The van der Waals surface area contributed by atoms with Crippen LogP contribution in [0.1, 0.15) is 19.3 Å². The van der Waals surface area contributed by atoms with Gasteiger partial charge >= 0.3 is 0 Å². The summed E-state index contributed by atoms with van der Waals surface area (Å²) >= 11 is 0. The van der Waals surface area contributed by atoms with Crippen LogP contribution in [0.4, 0.5) is 8.78 Å². The van der Waals surface area contributed by atoms with Gasteiger partial charge in [0, 0.05) is 12.3 Å². The van der Waals surface area contributed by atoms with Gasteiger partial charge in [0.25, 0.3) is 0 Å². The van der Waals surface area contributed by atoms with Crippen molar-refractivity contribution in [3.05, 3.63) is 25.3 Å². The van der Waals surface area contributed by atoms with Crippen LogP contribution in [0, 0.1) is 5.92 Å². The fourth-order valence-electron chi connectivity index (χ4n) is 3.15. The molecule has 2 aromatic rings. The lowest BCUT2D eigenvalue weighted by Crippen LogP contribution is -2.51. The van der Waals surface area contributed by atoms with Crippen LogP contribution in [0.5, 0.6) is 0 Å². The number of hydrogen-bond acceptors (Lipinski definition) is 5. The zero-order valence-corrected chi connectivity index (χ0v) is 12.0. The van der Waals surface area contributed by atoms with Crippen molar-refractivity contribution in [1.82, 2.24) is 29.5 Å². The maximum absolute atomic E-state index is 14.4. The number of alkyl halides is 2. The van der Waals surface area contributed by atoms with Gasteiger partial charge in [0.15, 0.2) is 0 Å². The molecule has 1 fully saturated rings. The molecule has 0 saturated heterocycles. The third-order valence-electron chi connectivity index (χ3n) is 4.20.